The van der Waals surface area contributed by atoms with Gasteiger partial charge in [0.25, 0.3) is 0 Å². The number of carbonyl (C=O) groups is 1. The highest BCUT2D eigenvalue weighted by molar-refractivity contribution is 5.82. The van der Waals surface area contributed by atoms with Crippen LogP contribution in [-0.4, -0.2) is 22.3 Å². The number of halogens is 1. The summed E-state index contributed by atoms with van der Waals surface area (Å²) in [5.74, 6) is 1.03. The number of likely N-dealkylation sites (tertiary alicyclic amines) is 1. The van der Waals surface area contributed by atoms with Crippen LogP contribution in [0.2, 0.25) is 0 Å². The van der Waals surface area contributed by atoms with Crippen molar-refractivity contribution in [1.82, 2.24) is 9.88 Å². The minimum atomic E-state index is -0.425. The van der Waals surface area contributed by atoms with Crippen molar-refractivity contribution in [3.63, 3.8) is 0 Å². The first kappa shape index (κ1) is 16.7. The number of oxazole rings is 1. The molecule has 4 nitrogen and oxygen atoms in total. The van der Waals surface area contributed by atoms with Crippen molar-refractivity contribution < 1.29 is 13.6 Å². The van der Waals surface area contributed by atoms with Crippen molar-refractivity contribution in [3.8, 4) is 0 Å². The first-order chi connectivity index (χ1) is 11.4. The molecule has 1 aliphatic rings. The Labute approximate surface area is 141 Å². The van der Waals surface area contributed by atoms with E-state index in [1.54, 1.807) is 24.4 Å². The Balaban J connectivity index is 1.77. The number of nitrogens with zero attached hydrogens (tertiary/aromatic N) is 2. The van der Waals surface area contributed by atoms with E-state index in [0.29, 0.717) is 23.6 Å². The Morgan fingerprint density at radius 1 is 1.38 bits per heavy atom. The number of aromatic nitrogens is 1. The molecule has 3 rings (SSSR count). The zero-order valence-corrected chi connectivity index (χ0v) is 14.4. The van der Waals surface area contributed by atoms with Crippen molar-refractivity contribution in [1.29, 1.82) is 0 Å². The Morgan fingerprint density at radius 3 is 2.83 bits per heavy atom. The maximum atomic E-state index is 13.8. The Morgan fingerprint density at radius 2 is 2.12 bits per heavy atom. The first-order valence-corrected chi connectivity index (χ1v) is 8.35. The highest BCUT2D eigenvalue weighted by Crippen LogP contribution is 2.35. The molecule has 128 valence electrons. The van der Waals surface area contributed by atoms with Gasteiger partial charge in [-0.3, -0.25) is 4.79 Å². The van der Waals surface area contributed by atoms with Gasteiger partial charge < -0.3 is 9.32 Å². The van der Waals surface area contributed by atoms with E-state index in [9.17, 15) is 9.18 Å². The van der Waals surface area contributed by atoms with Crippen LogP contribution in [-0.2, 0) is 11.2 Å². The molecule has 0 aliphatic carbocycles. The molecule has 5 heteroatoms. The van der Waals surface area contributed by atoms with Gasteiger partial charge in [-0.2, -0.15) is 0 Å². The fourth-order valence-electron chi connectivity index (χ4n) is 3.09. The summed E-state index contributed by atoms with van der Waals surface area (Å²) in [5, 5.41) is 0. The second-order valence-electron chi connectivity index (χ2n) is 7.34. The van der Waals surface area contributed by atoms with E-state index in [-0.39, 0.29) is 17.8 Å². The van der Waals surface area contributed by atoms with Gasteiger partial charge in [0.05, 0.1) is 6.20 Å². The summed E-state index contributed by atoms with van der Waals surface area (Å²) >= 11 is 0. The molecule has 0 spiro atoms. The molecule has 1 aromatic carbocycles. The second kappa shape index (κ2) is 6.38. The molecule has 0 bridgehead atoms. The number of amides is 1. The molecule has 0 unspecified atom stereocenters. The van der Waals surface area contributed by atoms with Crippen molar-refractivity contribution in [2.45, 2.75) is 46.1 Å². The van der Waals surface area contributed by atoms with Gasteiger partial charge in [-0.1, -0.05) is 39.0 Å². The van der Waals surface area contributed by atoms with Gasteiger partial charge in [0.15, 0.2) is 0 Å². The summed E-state index contributed by atoms with van der Waals surface area (Å²) in [5.41, 5.74) is 0.153. The smallest absolute Gasteiger partial charge is 0.228 e. The first-order valence-electron chi connectivity index (χ1n) is 8.35. The zero-order valence-electron chi connectivity index (χ0n) is 14.4. The van der Waals surface area contributed by atoms with Gasteiger partial charge in [-0.15, -0.1) is 0 Å². The zero-order chi connectivity index (χ0) is 17.3. The summed E-state index contributed by atoms with van der Waals surface area (Å²) in [7, 11) is 0. The molecular weight excluding hydrogens is 307 g/mol. The lowest BCUT2D eigenvalue weighted by atomic mass is 9.94. The van der Waals surface area contributed by atoms with Crippen LogP contribution in [0.3, 0.4) is 0 Å². The number of carbonyl (C=O) groups excluding carboxylic acids is 1. The quantitative estimate of drug-likeness (QED) is 0.850. The van der Waals surface area contributed by atoms with Crippen molar-refractivity contribution >= 4 is 5.91 Å². The van der Waals surface area contributed by atoms with E-state index >= 15 is 0 Å². The molecule has 2 aromatic rings. The van der Waals surface area contributed by atoms with E-state index in [0.717, 1.165) is 19.4 Å². The largest absolute Gasteiger partial charge is 0.443 e. The molecule has 1 amide bonds. The average Bonchev–Trinajstić information content (AvgIpc) is 3.16. The standard InChI is InChI=1S/C19H23FN2O2/c1-19(2,3)18(23)22-10-6-9-16(22)17-21-12-14(24-17)11-13-7-4-5-8-15(13)20/h4-5,7-8,12,16H,6,9-11H2,1-3H3/t16-/m1/s1. The lowest BCUT2D eigenvalue weighted by molar-refractivity contribution is -0.140. The molecule has 1 saturated heterocycles. The highest BCUT2D eigenvalue weighted by atomic mass is 19.1. The van der Waals surface area contributed by atoms with E-state index < -0.39 is 5.41 Å². The van der Waals surface area contributed by atoms with Crippen LogP contribution < -0.4 is 0 Å². The number of rotatable bonds is 3. The van der Waals surface area contributed by atoms with E-state index in [2.05, 4.69) is 4.98 Å². The van der Waals surface area contributed by atoms with Crippen LogP contribution in [0.5, 0.6) is 0 Å². The molecular formula is C19H23FN2O2. The van der Waals surface area contributed by atoms with Crippen molar-refractivity contribution in [3.05, 3.63) is 53.5 Å². The van der Waals surface area contributed by atoms with E-state index in [4.69, 9.17) is 4.42 Å². The number of hydrogen-bond acceptors (Lipinski definition) is 3. The lowest BCUT2D eigenvalue weighted by Crippen LogP contribution is -2.39. The second-order valence-corrected chi connectivity index (χ2v) is 7.34. The van der Waals surface area contributed by atoms with E-state index in [1.807, 2.05) is 25.7 Å². The highest BCUT2D eigenvalue weighted by Gasteiger charge is 2.37. The maximum absolute atomic E-state index is 13.8. The molecule has 0 radical (unpaired) electrons. The van der Waals surface area contributed by atoms with Crippen LogP contribution in [0, 0.1) is 11.2 Å². The summed E-state index contributed by atoms with van der Waals surface area (Å²) in [4.78, 5) is 18.8. The Hall–Kier alpha value is -2.17. The molecule has 24 heavy (non-hydrogen) atoms. The third kappa shape index (κ3) is 3.35. The topological polar surface area (TPSA) is 46.3 Å². The monoisotopic (exact) mass is 330 g/mol. The minimum Gasteiger partial charge on any atom is -0.443 e. The van der Waals surface area contributed by atoms with E-state index in [1.165, 1.54) is 6.07 Å². The van der Waals surface area contributed by atoms with Crippen LogP contribution in [0.25, 0.3) is 0 Å². The van der Waals surface area contributed by atoms with Crippen LogP contribution in [0.4, 0.5) is 4.39 Å². The summed E-state index contributed by atoms with van der Waals surface area (Å²) < 4.78 is 19.6. The molecule has 0 saturated carbocycles. The maximum Gasteiger partial charge on any atom is 0.228 e. The minimum absolute atomic E-state index is 0.110. The number of benzene rings is 1. The predicted molar refractivity (Wildman–Crippen MR) is 88.9 cm³/mol. The van der Waals surface area contributed by atoms with Crippen LogP contribution >= 0.6 is 0 Å². The van der Waals surface area contributed by atoms with Gasteiger partial charge in [0, 0.05) is 18.4 Å². The Kier molecular flexibility index (Phi) is 4.43. The van der Waals surface area contributed by atoms with Crippen molar-refractivity contribution in [2.24, 2.45) is 5.41 Å². The van der Waals surface area contributed by atoms with Gasteiger partial charge >= 0.3 is 0 Å². The normalized spacial score (nSPS) is 18.2. The molecule has 1 fully saturated rings. The number of hydrogen-bond donors (Lipinski definition) is 0. The van der Waals surface area contributed by atoms with Crippen LogP contribution in [0.15, 0.2) is 34.9 Å². The molecule has 2 heterocycles. The van der Waals surface area contributed by atoms with Gasteiger partial charge in [0.2, 0.25) is 11.8 Å². The Bertz CT molecular complexity index is 733. The SMILES string of the molecule is CC(C)(C)C(=O)N1CCC[C@@H]1c1ncc(Cc2ccccc2F)o1. The molecule has 0 N–H and O–H groups in total. The molecule has 1 aromatic heterocycles. The van der Waals surface area contributed by atoms with Gasteiger partial charge in [-0.25, -0.2) is 9.37 Å². The van der Waals surface area contributed by atoms with Gasteiger partial charge in [0.1, 0.15) is 17.6 Å². The fraction of sp³-hybridized carbons (Fsp3) is 0.474. The van der Waals surface area contributed by atoms with Crippen molar-refractivity contribution in [2.75, 3.05) is 6.54 Å². The lowest BCUT2D eigenvalue weighted by Gasteiger charge is -2.29. The third-order valence-electron chi connectivity index (χ3n) is 4.33. The fourth-order valence-corrected chi connectivity index (χ4v) is 3.09. The summed E-state index contributed by atoms with van der Waals surface area (Å²) in [6.45, 7) is 6.49. The molecule has 1 aliphatic heterocycles. The van der Waals surface area contributed by atoms with Crippen LogP contribution in [0.1, 0.15) is 56.9 Å². The summed E-state index contributed by atoms with van der Waals surface area (Å²) in [6, 6.07) is 6.52. The average molecular weight is 330 g/mol. The molecule has 1 atom stereocenters. The predicted octanol–water partition coefficient (Wildman–Crippen LogP) is 4.11. The third-order valence-corrected chi connectivity index (χ3v) is 4.33. The van der Waals surface area contributed by atoms with Gasteiger partial charge in [-0.05, 0) is 24.5 Å². The summed E-state index contributed by atoms with van der Waals surface area (Å²) in [6.07, 6.45) is 3.79.